The van der Waals surface area contributed by atoms with Crippen LogP contribution in [-0.4, -0.2) is 11.6 Å². The van der Waals surface area contributed by atoms with Gasteiger partial charge in [0.25, 0.3) is 0 Å². The molecule has 72 valence electrons. The zero-order chi connectivity index (χ0) is 9.54. The minimum atomic E-state index is 0.628. The van der Waals surface area contributed by atoms with E-state index in [4.69, 9.17) is 14.9 Å². The summed E-state index contributed by atoms with van der Waals surface area (Å²) in [6.07, 6.45) is 4.24. The van der Waals surface area contributed by atoms with Crippen LogP contribution >= 0.6 is 0 Å². The van der Waals surface area contributed by atoms with Crippen LogP contribution in [0.25, 0.3) is 11.1 Å². The number of pyridine rings is 1. The molecular formula is C10H10N2O2. The molecule has 0 saturated heterocycles. The molecule has 1 aliphatic rings. The fourth-order valence-electron chi connectivity index (χ4n) is 1.90. The number of nitrogens with two attached hydrogens (primary N) is 1. The summed E-state index contributed by atoms with van der Waals surface area (Å²) in [5, 5.41) is 0.964. The van der Waals surface area contributed by atoms with Crippen molar-refractivity contribution in [2.45, 2.75) is 13.0 Å². The molecule has 0 saturated carbocycles. The lowest BCUT2D eigenvalue weighted by Crippen LogP contribution is -2.10. The fourth-order valence-corrected chi connectivity index (χ4v) is 1.90. The molecular weight excluding hydrogens is 180 g/mol. The maximum atomic E-state index is 5.83. The van der Waals surface area contributed by atoms with E-state index in [1.807, 2.05) is 0 Å². The highest BCUT2D eigenvalue weighted by molar-refractivity contribution is 5.90. The van der Waals surface area contributed by atoms with E-state index in [9.17, 15) is 0 Å². The number of furan rings is 1. The molecule has 14 heavy (non-hydrogen) atoms. The smallest absolute Gasteiger partial charge is 0.228 e. The van der Waals surface area contributed by atoms with Gasteiger partial charge in [-0.25, -0.2) is 4.98 Å². The third-order valence-corrected chi connectivity index (χ3v) is 2.58. The maximum Gasteiger partial charge on any atom is 0.228 e. The van der Waals surface area contributed by atoms with Gasteiger partial charge in [-0.3, -0.25) is 0 Å². The Balaban J connectivity index is 2.38. The van der Waals surface area contributed by atoms with E-state index in [1.165, 1.54) is 5.56 Å². The predicted octanol–water partition coefficient (Wildman–Crippen LogP) is 1.48. The molecule has 4 nitrogen and oxygen atoms in total. The first-order valence-electron chi connectivity index (χ1n) is 4.57. The van der Waals surface area contributed by atoms with Crippen LogP contribution < -0.4 is 5.73 Å². The van der Waals surface area contributed by atoms with Gasteiger partial charge in [0.05, 0.1) is 24.3 Å². The number of hydrogen-bond acceptors (Lipinski definition) is 4. The lowest BCUT2D eigenvalue weighted by molar-refractivity contribution is 0.111. The van der Waals surface area contributed by atoms with Crippen molar-refractivity contribution in [3.63, 3.8) is 0 Å². The second-order valence-electron chi connectivity index (χ2n) is 3.44. The Morgan fingerprint density at radius 3 is 3.29 bits per heavy atom. The van der Waals surface area contributed by atoms with Crippen molar-refractivity contribution >= 4 is 16.8 Å². The van der Waals surface area contributed by atoms with Crippen molar-refractivity contribution in [3.8, 4) is 0 Å². The molecule has 3 heterocycles. The predicted molar refractivity (Wildman–Crippen MR) is 51.8 cm³/mol. The monoisotopic (exact) mass is 190 g/mol. The number of nitrogen functional groups attached to an aromatic ring is 1. The topological polar surface area (TPSA) is 61.3 Å². The number of rotatable bonds is 0. The number of hydrogen-bond donors (Lipinski definition) is 1. The molecule has 0 aromatic carbocycles. The second kappa shape index (κ2) is 2.72. The summed E-state index contributed by atoms with van der Waals surface area (Å²) in [5.74, 6) is 0. The Bertz CT molecular complexity index is 490. The lowest BCUT2D eigenvalue weighted by atomic mass is 10.0. The van der Waals surface area contributed by atoms with Gasteiger partial charge in [-0.2, -0.15) is 0 Å². The molecule has 0 atom stereocenters. The highest BCUT2D eigenvalue weighted by atomic mass is 16.5. The van der Waals surface area contributed by atoms with Crippen LogP contribution in [0.1, 0.15) is 11.1 Å². The molecule has 1 aliphatic heterocycles. The molecule has 0 bridgehead atoms. The molecule has 4 heteroatoms. The van der Waals surface area contributed by atoms with E-state index in [2.05, 4.69) is 4.98 Å². The van der Waals surface area contributed by atoms with Crippen LogP contribution in [-0.2, 0) is 17.8 Å². The van der Waals surface area contributed by atoms with Gasteiger partial charge in [-0.05, 0) is 12.0 Å². The summed E-state index contributed by atoms with van der Waals surface area (Å²) < 4.78 is 10.6. The number of aromatic nitrogens is 1. The molecule has 2 N–H and O–H groups in total. The first kappa shape index (κ1) is 7.82. The van der Waals surface area contributed by atoms with Gasteiger partial charge in [-0.15, -0.1) is 0 Å². The van der Waals surface area contributed by atoms with Crippen molar-refractivity contribution in [1.29, 1.82) is 0 Å². The summed E-state index contributed by atoms with van der Waals surface area (Å²) in [5.41, 5.74) is 9.48. The molecule has 0 aliphatic carbocycles. The zero-order valence-electron chi connectivity index (χ0n) is 7.62. The van der Waals surface area contributed by atoms with E-state index in [0.29, 0.717) is 18.0 Å². The Morgan fingerprint density at radius 2 is 2.36 bits per heavy atom. The average Bonchev–Trinajstić information content (AvgIpc) is 2.61. The molecule has 0 unspecified atom stereocenters. The van der Waals surface area contributed by atoms with Crippen LogP contribution in [0.4, 0.5) is 5.69 Å². The summed E-state index contributed by atoms with van der Waals surface area (Å²) in [6, 6.07) is 0. The van der Waals surface area contributed by atoms with Crippen LogP contribution in [0.3, 0.4) is 0 Å². The Labute approximate surface area is 80.7 Å². The van der Waals surface area contributed by atoms with E-state index >= 15 is 0 Å². The SMILES string of the molecule is Nc1coc2ncc3c(c12)CCOC3. The lowest BCUT2D eigenvalue weighted by Gasteiger charge is -2.16. The summed E-state index contributed by atoms with van der Waals surface area (Å²) >= 11 is 0. The average molecular weight is 190 g/mol. The van der Waals surface area contributed by atoms with E-state index in [0.717, 1.165) is 24.0 Å². The largest absolute Gasteiger partial charge is 0.444 e. The van der Waals surface area contributed by atoms with Crippen LogP contribution in [0.15, 0.2) is 16.9 Å². The van der Waals surface area contributed by atoms with Gasteiger partial charge in [0.2, 0.25) is 5.71 Å². The maximum absolute atomic E-state index is 5.83. The zero-order valence-corrected chi connectivity index (χ0v) is 7.62. The third kappa shape index (κ3) is 0.943. The van der Waals surface area contributed by atoms with Gasteiger partial charge < -0.3 is 14.9 Å². The number of ether oxygens (including phenoxy) is 1. The van der Waals surface area contributed by atoms with Crippen molar-refractivity contribution in [2.75, 3.05) is 12.3 Å². The van der Waals surface area contributed by atoms with E-state index in [1.54, 1.807) is 12.5 Å². The highest BCUT2D eigenvalue weighted by Gasteiger charge is 2.17. The molecule has 0 amide bonds. The molecule has 3 rings (SSSR count). The Morgan fingerprint density at radius 1 is 1.43 bits per heavy atom. The quantitative estimate of drug-likeness (QED) is 0.683. The Kier molecular flexibility index (Phi) is 1.52. The summed E-state index contributed by atoms with van der Waals surface area (Å²) in [7, 11) is 0. The highest BCUT2D eigenvalue weighted by Crippen LogP contribution is 2.30. The van der Waals surface area contributed by atoms with Gasteiger partial charge in [0.15, 0.2) is 0 Å². The van der Waals surface area contributed by atoms with Crippen LogP contribution in [0.5, 0.6) is 0 Å². The first-order chi connectivity index (χ1) is 6.86. The van der Waals surface area contributed by atoms with E-state index < -0.39 is 0 Å². The number of fused-ring (bicyclic) bond motifs is 3. The minimum Gasteiger partial charge on any atom is -0.444 e. The van der Waals surface area contributed by atoms with Crippen molar-refractivity contribution in [3.05, 3.63) is 23.6 Å². The van der Waals surface area contributed by atoms with Gasteiger partial charge in [0.1, 0.15) is 6.26 Å². The van der Waals surface area contributed by atoms with Gasteiger partial charge in [0, 0.05) is 11.8 Å². The van der Waals surface area contributed by atoms with Crippen molar-refractivity contribution in [2.24, 2.45) is 0 Å². The fraction of sp³-hybridized carbons (Fsp3) is 0.300. The standard InChI is InChI=1S/C10H10N2O2/c11-8-5-14-10-9(8)7-1-2-13-4-6(7)3-12-10/h3,5H,1-2,4,11H2. The van der Waals surface area contributed by atoms with Crippen molar-refractivity contribution in [1.82, 2.24) is 4.98 Å². The molecule has 2 aromatic rings. The molecule has 2 aromatic heterocycles. The minimum absolute atomic E-state index is 0.628. The van der Waals surface area contributed by atoms with Crippen LogP contribution in [0.2, 0.25) is 0 Å². The van der Waals surface area contributed by atoms with Gasteiger partial charge in [-0.1, -0.05) is 0 Å². The Hall–Kier alpha value is -1.55. The number of nitrogens with zero attached hydrogens (tertiary/aromatic N) is 1. The molecule has 0 spiro atoms. The number of anilines is 1. The molecule has 0 fully saturated rings. The normalized spacial score (nSPS) is 15.7. The first-order valence-corrected chi connectivity index (χ1v) is 4.57. The van der Waals surface area contributed by atoms with E-state index in [-0.39, 0.29) is 0 Å². The second-order valence-corrected chi connectivity index (χ2v) is 3.44. The van der Waals surface area contributed by atoms with Crippen LogP contribution in [0, 0.1) is 0 Å². The van der Waals surface area contributed by atoms with Gasteiger partial charge >= 0.3 is 0 Å². The molecule has 0 radical (unpaired) electrons. The summed E-state index contributed by atoms with van der Waals surface area (Å²) in [6.45, 7) is 1.37. The summed E-state index contributed by atoms with van der Waals surface area (Å²) in [4.78, 5) is 4.19. The van der Waals surface area contributed by atoms with Crippen molar-refractivity contribution < 1.29 is 9.15 Å². The third-order valence-electron chi connectivity index (χ3n) is 2.58.